The van der Waals surface area contributed by atoms with Crippen molar-refractivity contribution in [1.82, 2.24) is 0 Å². The number of hydrogen-bond acceptors (Lipinski definition) is 2. The van der Waals surface area contributed by atoms with Crippen molar-refractivity contribution in [3.05, 3.63) is 21.9 Å². The number of aliphatic hydroxyl groups excluding tert-OH is 1. The van der Waals surface area contributed by atoms with Crippen molar-refractivity contribution in [3.8, 4) is 0 Å². The lowest BCUT2D eigenvalue weighted by atomic mass is 9.85. The van der Waals surface area contributed by atoms with Crippen LogP contribution in [-0.4, -0.2) is 11.2 Å². The van der Waals surface area contributed by atoms with Crippen LogP contribution in [0.5, 0.6) is 0 Å². The largest absolute Gasteiger partial charge is 0.393 e. The minimum absolute atomic E-state index is 0.0179. The first-order chi connectivity index (χ1) is 6.75. The first kappa shape index (κ1) is 10.2. The number of aliphatic hydroxyl groups is 1. The second-order valence-corrected chi connectivity index (χ2v) is 5.41. The molecular formula is C12H18OS. The summed E-state index contributed by atoms with van der Waals surface area (Å²) in [6, 6.07) is 2.21. The molecule has 1 saturated carbocycles. The fourth-order valence-electron chi connectivity index (χ4n) is 2.22. The van der Waals surface area contributed by atoms with Gasteiger partial charge in [-0.1, -0.05) is 0 Å². The van der Waals surface area contributed by atoms with E-state index < -0.39 is 0 Å². The second-order valence-electron chi connectivity index (χ2n) is 4.41. The predicted octanol–water partition coefficient (Wildman–Crippen LogP) is 3.15. The molecular weight excluding hydrogens is 192 g/mol. The minimum Gasteiger partial charge on any atom is -0.393 e. The summed E-state index contributed by atoms with van der Waals surface area (Å²) in [5.41, 5.74) is 1.45. The van der Waals surface area contributed by atoms with Gasteiger partial charge in [0, 0.05) is 4.88 Å². The van der Waals surface area contributed by atoms with E-state index in [-0.39, 0.29) is 6.10 Å². The number of thiophene rings is 1. The summed E-state index contributed by atoms with van der Waals surface area (Å²) in [7, 11) is 0. The summed E-state index contributed by atoms with van der Waals surface area (Å²) in [5, 5.41) is 11.6. The Morgan fingerprint density at radius 3 is 2.64 bits per heavy atom. The second kappa shape index (κ2) is 4.45. The molecule has 1 aromatic rings. The van der Waals surface area contributed by atoms with Gasteiger partial charge in [0.1, 0.15) is 0 Å². The van der Waals surface area contributed by atoms with Gasteiger partial charge >= 0.3 is 0 Å². The SMILES string of the molecule is Cc1ccsc1CC1CCC(O)CC1. The lowest BCUT2D eigenvalue weighted by molar-refractivity contribution is 0.109. The van der Waals surface area contributed by atoms with Crippen LogP contribution in [0.4, 0.5) is 0 Å². The first-order valence-electron chi connectivity index (χ1n) is 5.46. The Hall–Kier alpha value is -0.340. The quantitative estimate of drug-likeness (QED) is 0.795. The Morgan fingerprint density at radius 2 is 2.07 bits per heavy atom. The molecule has 0 aromatic carbocycles. The smallest absolute Gasteiger partial charge is 0.0540 e. The number of hydrogen-bond donors (Lipinski definition) is 1. The Bertz CT molecular complexity index is 284. The first-order valence-corrected chi connectivity index (χ1v) is 6.34. The summed E-state index contributed by atoms with van der Waals surface area (Å²) in [6.07, 6.45) is 5.65. The van der Waals surface area contributed by atoms with Crippen LogP contribution >= 0.6 is 11.3 Å². The maximum absolute atomic E-state index is 9.41. The molecule has 1 nitrogen and oxygen atoms in total. The third-order valence-corrected chi connectivity index (χ3v) is 4.30. The zero-order valence-electron chi connectivity index (χ0n) is 8.70. The van der Waals surface area contributed by atoms with Crippen molar-refractivity contribution in [2.45, 2.75) is 45.1 Å². The van der Waals surface area contributed by atoms with Crippen molar-refractivity contribution in [2.24, 2.45) is 5.92 Å². The van der Waals surface area contributed by atoms with E-state index in [2.05, 4.69) is 18.4 Å². The van der Waals surface area contributed by atoms with E-state index in [1.165, 1.54) is 24.8 Å². The molecule has 0 unspecified atom stereocenters. The molecule has 0 spiro atoms. The Labute approximate surface area is 89.8 Å². The van der Waals surface area contributed by atoms with Crippen molar-refractivity contribution < 1.29 is 5.11 Å². The van der Waals surface area contributed by atoms with Gasteiger partial charge in [0.05, 0.1) is 6.10 Å². The monoisotopic (exact) mass is 210 g/mol. The minimum atomic E-state index is -0.0179. The Balaban J connectivity index is 1.89. The molecule has 2 heteroatoms. The van der Waals surface area contributed by atoms with Crippen LogP contribution < -0.4 is 0 Å². The van der Waals surface area contributed by atoms with Crippen LogP contribution in [-0.2, 0) is 6.42 Å². The molecule has 1 aromatic heterocycles. The van der Waals surface area contributed by atoms with Crippen LogP contribution in [0, 0.1) is 12.8 Å². The van der Waals surface area contributed by atoms with E-state index in [0.717, 1.165) is 18.8 Å². The van der Waals surface area contributed by atoms with Gasteiger partial charge < -0.3 is 5.11 Å². The zero-order valence-corrected chi connectivity index (χ0v) is 9.52. The maximum atomic E-state index is 9.41. The van der Waals surface area contributed by atoms with Crippen LogP contribution in [0.1, 0.15) is 36.1 Å². The molecule has 1 aliphatic rings. The molecule has 2 rings (SSSR count). The summed E-state index contributed by atoms with van der Waals surface area (Å²) >= 11 is 1.88. The molecule has 0 amide bonds. The zero-order chi connectivity index (χ0) is 9.97. The summed E-state index contributed by atoms with van der Waals surface area (Å²) in [5.74, 6) is 0.816. The van der Waals surface area contributed by atoms with Crippen LogP contribution in [0.25, 0.3) is 0 Å². The van der Waals surface area contributed by atoms with Crippen molar-refractivity contribution in [3.63, 3.8) is 0 Å². The molecule has 1 fully saturated rings. The number of aryl methyl sites for hydroxylation is 1. The van der Waals surface area contributed by atoms with E-state index in [4.69, 9.17) is 0 Å². The van der Waals surface area contributed by atoms with E-state index in [1.54, 1.807) is 4.88 Å². The third kappa shape index (κ3) is 2.37. The van der Waals surface area contributed by atoms with Crippen LogP contribution in [0.3, 0.4) is 0 Å². The summed E-state index contributed by atoms with van der Waals surface area (Å²) in [6.45, 7) is 2.20. The fourth-order valence-corrected chi connectivity index (χ4v) is 3.25. The molecule has 1 aliphatic carbocycles. The van der Waals surface area contributed by atoms with Crippen molar-refractivity contribution >= 4 is 11.3 Å². The predicted molar refractivity (Wildman–Crippen MR) is 60.7 cm³/mol. The molecule has 0 aliphatic heterocycles. The summed E-state index contributed by atoms with van der Waals surface area (Å²) in [4.78, 5) is 1.55. The van der Waals surface area contributed by atoms with Gasteiger partial charge in [-0.15, -0.1) is 11.3 Å². The molecule has 78 valence electrons. The molecule has 1 N–H and O–H groups in total. The number of rotatable bonds is 2. The van der Waals surface area contributed by atoms with E-state index in [1.807, 2.05) is 11.3 Å². The highest BCUT2D eigenvalue weighted by Gasteiger charge is 2.20. The Morgan fingerprint density at radius 1 is 1.36 bits per heavy atom. The summed E-state index contributed by atoms with van der Waals surface area (Å²) < 4.78 is 0. The van der Waals surface area contributed by atoms with E-state index >= 15 is 0 Å². The molecule has 14 heavy (non-hydrogen) atoms. The molecule has 1 heterocycles. The standard InChI is InChI=1S/C12H18OS/c1-9-6-7-14-12(9)8-10-2-4-11(13)5-3-10/h6-7,10-11,13H,2-5,8H2,1H3. The molecule has 0 radical (unpaired) electrons. The van der Waals surface area contributed by atoms with Crippen molar-refractivity contribution in [2.75, 3.05) is 0 Å². The van der Waals surface area contributed by atoms with E-state index in [0.29, 0.717) is 0 Å². The maximum Gasteiger partial charge on any atom is 0.0540 e. The van der Waals surface area contributed by atoms with Crippen molar-refractivity contribution in [1.29, 1.82) is 0 Å². The Kier molecular flexibility index (Phi) is 3.24. The van der Waals surface area contributed by atoms with Crippen LogP contribution in [0.15, 0.2) is 11.4 Å². The van der Waals surface area contributed by atoms with Gasteiger partial charge in [-0.05, 0) is 62.0 Å². The topological polar surface area (TPSA) is 20.2 Å². The van der Waals surface area contributed by atoms with Gasteiger partial charge in [-0.2, -0.15) is 0 Å². The van der Waals surface area contributed by atoms with Crippen LogP contribution in [0.2, 0.25) is 0 Å². The highest BCUT2D eigenvalue weighted by molar-refractivity contribution is 7.10. The third-order valence-electron chi connectivity index (χ3n) is 3.26. The van der Waals surface area contributed by atoms with Gasteiger partial charge in [-0.3, -0.25) is 0 Å². The average molecular weight is 210 g/mol. The van der Waals surface area contributed by atoms with E-state index in [9.17, 15) is 5.11 Å². The lowest BCUT2D eigenvalue weighted by Gasteiger charge is -2.25. The van der Waals surface area contributed by atoms with Gasteiger partial charge in [0.25, 0.3) is 0 Å². The average Bonchev–Trinajstić information content (AvgIpc) is 2.56. The van der Waals surface area contributed by atoms with Gasteiger partial charge in [0.15, 0.2) is 0 Å². The molecule has 0 bridgehead atoms. The van der Waals surface area contributed by atoms with Gasteiger partial charge in [0.2, 0.25) is 0 Å². The highest BCUT2D eigenvalue weighted by atomic mass is 32.1. The normalized spacial score (nSPS) is 27.9. The molecule has 0 saturated heterocycles. The molecule has 0 atom stereocenters. The lowest BCUT2D eigenvalue weighted by Crippen LogP contribution is -2.19. The fraction of sp³-hybridized carbons (Fsp3) is 0.667. The highest BCUT2D eigenvalue weighted by Crippen LogP contribution is 2.29. The van der Waals surface area contributed by atoms with Gasteiger partial charge in [-0.25, -0.2) is 0 Å².